The third-order valence-electron chi connectivity index (χ3n) is 4.46. The highest BCUT2D eigenvalue weighted by Gasteiger charge is 2.10. The summed E-state index contributed by atoms with van der Waals surface area (Å²) in [6, 6.07) is 19.4. The van der Waals surface area contributed by atoms with E-state index in [-0.39, 0.29) is 5.91 Å². The van der Waals surface area contributed by atoms with Gasteiger partial charge >= 0.3 is 0 Å². The number of benzene rings is 2. The Morgan fingerprint density at radius 2 is 2.00 bits per heavy atom. The van der Waals surface area contributed by atoms with Crippen molar-refractivity contribution >= 4 is 50.6 Å². The second-order valence-electron chi connectivity index (χ2n) is 6.60. The van der Waals surface area contributed by atoms with Gasteiger partial charge in [0.2, 0.25) is 5.91 Å². The maximum atomic E-state index is 12.4. The summed E-state index contributed by atoms with van der Waals surface area (Å²) in [5, 5.41) is 15.6. The van der Waals surface area contributed by atoms with Crippen molar-refractivity contribution in [2.45, 2.75) is 11.3 Å². The maximum Gasteiger partial charge on any atom is 0.234 e. The molecule has 0 aliphatic rings. The number of para-hydroxylation sites is 1. The molecule has 148 valence electrons. The zero-order valence-corrected chi connectivity index (χ0v) is 17.6. The van der Waals surface area contributed by atoms with E-state index in [2.05, 4.69) is 25.6 Å². The van der Waals surface area contributed by atoms with Crippen molar-refractivity contribution in [3.8, 4) is 11.3 Å². The molecule has 0 bridgehead atoms. The van der Waals surface area contributed by atoms with Gasteiger partial charge in [-0.25, -0.2) is 4.98 Å². The highest BCUT2D eigenvalue weighted by molar-refractivity contribution is 8.01. The molecule has 9 heteroatoms. The zero-order valence-electron chi connectivity index (χ0n) is 15.9. The molecule has 0 saturated heterocycles. The van der Waals surface area contributed by atoms with Gasteiger partial charge in [0.1, 0.15) is 0 Å². The van der Waals surface area contributed by atoms with Gasteiger partial charge in [0.15, 0.2) is 15.8 Å². The third kappa shape index (κ3) is 3.77. The number of thioether (sulfide) groups is 1. The number of amides is 1. The minimum Gasteiger partial charge on any atom is -0.325 e. The van der Waals surface area contributed by atoms with Gasteiger partial charge in [-0.1, -0.05) is 36.0 Å². The number of fused-ring (bicyclic) bond motifs is 2. The molecule has 1 N–H and O–H groups in total. The van der Waals surface area contributed by atoms with Crippen LogP contribution in [0.2, 0.25) is 0 Å². The average Bonchev–Trinajstić information content (AvgIpc) is 3.35. The van der Waals surface area contributed by atoms with Crippen LogP contribution in [-0.4, -0.2) is 36.5 Å². The van der Waals surface area contributed by atoms with E-state index in [0.29, 0.717) is 11.4 Å². The van der Waals surface area contributed by atoms with Crippen LogP contribution in [0.3, 0.4) is 0 Å². The van der Waals surface area contributed by atoms with Crippen LogP contribution in [-0.2, 0) is 4.79 Å². The summed E-state index contributed by atoms with van der Waals surface area (Å²) in [6.45, 7) is 1.86. The fourth-order valence-corrected chi connectivity index (χ4v) is 4.91. The van der Waals surface area contributed by atoms with Gasteiger partial charge in [-0.2, -0.15) is 9.61 Å². The van der Waals surface area contributed by atoms with Gasteiger partial charge in [-0.05, 0) is 43.3 Å². The summed E-state index contributed by atoms with van der Waals surface area (Å²) >= 11 is 3.04. The van der Waals surface area contributed by atoms with Crippen LogP contribution in [0.15, 0.2) is 65.0 Å². The van der Waals surface area contributed by atoms with Gasteiger partial charge in [0.05, 0.1) is 21.7 Å². The number of thiazole rings is 1. The number of hydrogen-bond donors (Lipinski definition) is 1. The van der Waals surface area contributed by atoms with E-state index < -0.39 is 0 Å². The molecule has 5 rings (SSSR count). The lowest BCUT2D eigenvalue weighted by molar-refractivity contribution is -0.113. The van der Waals surface area contributed by atoms with Crippen LogP contribution in [0.4, 0.5) is 5.69 Å². The first-order valence-electron chi connectivity index (χ1n) is 9.23. The van der Waals surface area contributed by atoms with Crippen molar-refractivity contribution in [1.29, 1.82) is 0 Å². The molecule has 1 amide bonds. The van der Waals surface area contributed by atoms with E-state index in [4.69, 9.17) is 0 Å². The number of nitrogens with zero attached hydrogens (tertiary/aromatic N) is 5. The summed E-state index contributed by atoms with van der Waals surface area (Å²) in [6.07, 6.45) is 0. The Bertz CT molecular complexity index is 1340. The smallest absolute Gasteiger partial charge is 0.234 e. The van der Waals surface area contributed by atoms with Crippen LogP contribution in [0.25, 0.3) is 27.1 Å². The molecular weight excluding hydrogens is 416 g/mol. The molecule has 3 heterocycles. The van der Waals surface area contributed by atoms with Crippen molar-refractivity contribution in [3.63, 3.8) is 0 Å². The zero-order chi connectivity index (χ0) is 20.5. The first-order chi connectivity index (χ1) is 14.7. The van der Waals surface area contributed by atoms with E-state index in [0.717, 1.165) is 37.3 Å². The third-order valence-corrected chi connectivity index (χ3v) is 6.64. The van der Waals surface area contributed by atoms with Crippen molar-refractivity contribution < 1.29 is 4.79 Å². The lowest BCUT2D eigenvalue weighted by Crippen LogP contribution is -2.13. The van der Waals surface area contributed by atoms with E-state index in [9.17, 15) is 4.79 Å². The number of carbonyl (C=O) groups excluding carboxylic acids is 1. The van der Waals surface area contributed by atoms with Crippen LogP contribution in [0, 0.1) is 6.92 Å². The highest BCUT2D eigenvalue weighted by Crippen LogP contribution is 2.29. The highest BCUT2D eigenvalue weighted by atomic mass is 32.2. The SMILES string of the molecule is Cc1nnc2ccc(-c3cccc(NC(=O)CSc4nc5ccccc5s4)c3)nn12. The second kappa shape index (κ2) is 7.85. The Morgan fingerprint density at radius 3 is 2.90 bits per heavy atom. The van der Waals surface area contributed by atoms with Crippen LogP contribution in [0.5, 0.6) is 0 Å². The van der Waals surface area contributed by atoms with E-state index in [1.165, 1.54) is 11.8 Å². The van der Waals surface area contributed by atoms with E-state index in [1.54, 1.807) is 15.9 Å². The fraction of sp³-hybridized carbons (Fsp3) is 0.0952. The van der Waals surface area contributed by atoms with E-state index >= 15 is 0 Å². The molecule has 5 aromatic rings. The molecule has 0 atom stereocenters. The van der Waals surface area contributed by atoms with Crippen molar-refractivity contribution in [1.82, 2.24) is 24.8 Å². The number of nitrogens with one attached hydrogen (secondary N) is 1. The minimum atomic E-state index is -0.0746. The van der Waals surface area contributed by atoms with Crippen LogP contribution in [0.1, 0.15) is 5.82 Å². The number of rotatable bonds is 5. The van der Waals surface area contributed by atoms with Gasteiger partial charge in [0.25, 0.3) is 0 Å². The maximum absolute atomic E-state index is 12.4. The monoisotopic (exact) mass is 432 g/mol. The Balaban J connectivity index is 1.28. The summed E-state index contributed by atoms with van der Waals surface area (Å²) in [5.74, 6) is 0.950. The molecule has 3 aromatic heterocycles. The average molecular weight is 433 g/mol. The fourth-order valence-electron chi connectivity index (χ4n) is 3.04. The molecule has 30 heavy (non-hydrogen) atoms. The number of aryl methyl sites for hydroxylation is 1. The predicted octanol–water partition coefficient (Wildman–Crippen LogP) is 4.44. The molecule has 2 aromatic carbocycles. The van der Waals surface area contributed by atoms with Gasteiger partial charge in [0, 0.05) is 11.3 Å². The summed E-state index contributed by atoms with van der Waals surface area (Å²) < 4.78 is 3.72. The number of carbonyl (C=O) groups is 1. The first kappa shape index (κ1) is 18.7. The summed E-state index contributed by atoms with van der Waals surface area (Å²) in [7, 11) is 0. The minimum absolute atomic E-state index is 0.0746. The van der Waals surface area contributed by atoms with E-state index in [1.807, 2.05) is 67.6 Å². The topological polar surface area (TPSA) is 85.1 Å². The molecule has 0 fully saturated rings. The first-order valence-corrected chi connectivity index (χ1v) is 11.0. The van der Waals surface area contributed by atoms with Crippen LogP contribution >= 0.6 is 23.1 Å². The standard InChI is InChI=1S/C21H16N6OS2/c1-13-24-25-19-10-9-16(26-27(13)19)14-5-4-6-15(11-14)22-20(28)12-29-21-23-17-7-2-3-8-18(17)30-21/h2-11H,12H2,1H3,(H,22,28). The number of aromatic nitrogens is 5. The molecule has 0 radical (unpaired) electrons. The van der Waals surface area contributed by atoms with Crippen molar-refractivity contribution in [2.24, 2.45) is 0 Å². The quantitative estimate of drug-likeness (QED) is 0.413. The number of anilines is 1. The van der Waals surface area contributed by atoms with Gasteiger partial charge < -0.3 is 5.32 Å². The predicted molar refractivity (Wildman–Crippen MR) is 120 cm³/mol. The number of hydrogen-bond acceptors (Lipinski definition) is 7. The van der Waals surface area contributed by atoms with Crippen molar-refractivity contribution in [2.75, 3.05) is 11.1 Å². The second-order valence-corrected chi connectivity index (χ2v) is 8.85. The van der Waals surface area contributed by atoms with Gasteiger partial charge in [-0.15, -0.1) is 21.5 Å². The molecule has 0 unspecified atom stereocenters. The Morgan fingerprint density at radius 1 is 1.10 bits per heavy atom. The molecule has 0 spiro atoms. The lowest BCUT2D eigenvalue weighted by Gasteiger charge is -2.07. The Labute approximate surface area is 180 Å². The normalized spacial score (nSPS) is 11.2. The Kier molecular flexibility index (Phi) is 4.89. The molecule has 7 nitrogen and oxygen atoms in total. The molecule has 0 aliphatic carbocycles. The molecular formula is C21H16N6OS2. The Hall–Kier alpha value is -3.30. The lowest BCUT2D eigenvalue weighted by atomic mass is 10.1. The molecule has 0 saturated carbocycles. The molecule has 0 aliphatic heterocycles. The largest absolute Gasteiger partial charge is 0.325 e. The summed E-state index contributed by atoms with van der Waals surface area (Å²) in [5.41, 5.74) is 4.08. The summed E-state index contributed by atoms with van der Waals surface area (Å²) in [4.78, 5) is 17.0. The van der Waals surface area contributed by atoms with Gasteiger partial charge in [-0.3, -0.25) is 4.79 Å². The van der Waals surface area contributed by atoms with Crippen LogP contribution < -0.4 is 5.32 Å². The van der Waals surface area contributed by atoms with Crippen molar-refractivity contribution in [3.05, 3.63) is 66.5 Å².